The van der Waals surface area contributed by atoms with Crippen LogP contribution in [0.5, 0.6) is 0 Å². The van der Waals surface area contributed by atoms with Gasteiger partial charge in [-0.25, -0.2) is 14.8 Å². The lowest BCUT2D eigenvalue weighted by atomic mass is 10.3. The fourth-order valence-corrected chi connectivity index (χ4v) is 1.48. The maximum atomic E-state index is 11.8. The summed E-state index contributed by atoms with van der Waals surface area (Å²) in [5, 5.41) is 3.58. The summed E-state index contributed by atoms with van der Waals surface area (Å²) in [5.41, 5.74) is 6.24. The molecule has 1 fully saturated rings. The number of hydrogen-bond donors (Lipinski definition) is 1. The third-order valence-corrected chi connectivity index (χ3v) is 2.71. The molecule has 2 rings (SSSR count). The molecule has 0 bridgehead atoms. The molecule has 0 atom stereocenters. The van der Waals surface area contributed by atoms with Gasteiger partial charge in [-0.3, -0.25) is 0 Å². The number of rotatable bonds is 3. The van der Waals surface area contributed by atoms with E-state index in [1.54, 1.807) is 13.8 Å². The second-order valence-electron chi connectivity index (χ2n) is 4.32. The Morgan fingerprint density at radius 2 is 2.11 bits per heavy atom. The molecule has 6 nitrogen and oxygen atoms in total. The molecule has 7 heteroatoms. The smallest absolute Gasteiger partial charge is 0.382 e. The van der Waals surface area contributed by atoms with E-state index in [2.05, 4.69) is 15.1 Å². The zero-order valence-corrected chi connectivity index (χ0v) is 10.9. The maximum Gasteiger partial charge on any atom is 0.385 e. The van der Waals surface area contributed by atoms with Gasteiger partial charge in [-0.2, -0.15) is 0 Å². The minimum absolute atomic E-state index is 0.00774. The van der Waals surface area contributed by atoms with Gasteiger partial charge in [0.2, 0.25) is 0 Å². The second-order valence-corrected chi connectivity index (χ2v) is 4.70. The van der Waals surface area contributed by atoms with E-state index < -0.39 is 5.97 Å². The highest BCUT2D eigenvalue weighted by Gasteiger charge is 2.29. The molecule has 0 radical (unpaired) electrons. The summed E-state index contributed by atoms with van der Waals surface area (Å²) in [4.78, 5) is 24.6. The molecular weight excluding hydrogens is 256 g/mol. The number of nitrogens with two attached hydrogens (primary N) is 1. The van der Waals surface area contributed by atoms with Crippen LogP contribution in [0, 0.1) is 0 Å². The molecule has 1 aliphatic carbocycles. The van der Waals surface area contributed by atoms with Gasteiger partial charge in [0.1, 0.15) is 16.7 Å². The van der Waals surface area contributed by atoms with E-state index in [1.165, 1.54) is 0 Å². The molecule has 0 saturated heterocycles. The third kappa shape index (κ3) is 2.76. The molecule has 1 aliphatic rings. The van der Waals surface area contributed by atoms with Crippen LogP contribution in [0.1, 0.15) is 48.9 Å². The number of oxime groups is 1. The van der Waals surface area contributed by atoms with E-state index in [4.69, 9.17) is 22.2 Å². The van der Waals surface area contributed by atoms with Crippen LogP contribution in [0.3, 0.4) is 0 Å². The first-order valence-electron chi connectivity index (χ1n) is 5.54. The van der Waals surface area contributed by atoms with Crippen molar-refractivity contribution in [3.63, 3.8) is 0 Å². The Morgan fingerprint density at radius 1 is 1.44 bits per heavy atom. The zero-order chi connectivity index (χ0) is 13.3. The van der Waals surface area contributed by atoms with Crippen LogP contribution >= 0.6 is 11.6 Å². The summed E-state index contributed by atoms with van der Waals surface area (Å²) in [6.07, 6.45) is 2.00. The number of nitrogen functional groups attached to an aromatic ring is 1. The number of anilines is 1. The molecule has 2 N–H and O–H groups in total. The quantitative estimate of drug-likeness (QED) is 0.515. The topological polar surface area (TPSA) is 90.5 Å². The Balaban J connectivity index is 2.30. The average Bonchev–Trinajstić information content (AvgIpc) is 3.13. The Bertz CT molecular complexity index is 522. The molecule has 96 valence electrons. The number of aromatic nitrogens is 2. The molecular formula is C11H13ClN4O2. The third-order valence-electron chi connectivity index (χ3n) is 2.34. The highest BCUT2D eigenvalue weighted by Crippen LogP contribution is 2.39. The lowest BCUT2D eigenvalue weighted by Gasteiger charge is -2.05. The molecule has 18 heavy (non-hydrogen) atoms. The molecule has 0 aromatic carbocycles. The average molecular weight is 269 g/mol. The van der Waals surface area contributed by atoms with Gasteiger partial charge in [-0.15, -0.1) is 0 Å². The van der Waals surface area contributed by atoms with Crippen LogP contribution in [0.15, 0.2) is 5.16 Å². The molecule has 1 aromatic heterocycles. The largest absolute Gasteiger partial charge is 0.385 e. The van der Waals surface area contributed by atoms with Crippen molar-refractivity contribution in [3.05, 3.63) is 16.5 Å². The maximum absolute atomic E-state index is 11.8. The van der Waals surface area contributed by atoms with Gasteiger partial charge in [0, 0.05) is 5.92 Å². The number of carbonyl (C=O) groups is 1. The van der Waals surface area contributed by atoms with Crippen molar-refractivity contribution in [1.29, 1.82) is 0 Å². The minimum atomic E-state index is -0.725. The lowest BCUT2D eigenvalue weighted by Crippen LogP contribution is -2.11. The van der Waals surface area contributed by atoms with Crippen LogP contribution in [0.25, 0.3) is 0 Å². The normalized spacial score (nSPS) is 14.2. The minimum Gasteiger partial charge on any atom is -0.382 e. The SMILES string of the molecule is CC(C)=NOC(=O)c1nc(C2CC2)nc(N)c1Cl. The van der Waals surface area contributed by atoms with Crippen molar-refractivity contribution in [3.8, 4) is 0 Å². The van der Waals surface area contributed by atoms with Gasteiger partial charge in [0.15, 0.2) is 5.69 Å². The van der Waals surface area contributed by atoms with Crippen molar-refractivity contribution in [1.82, 2.24) is 9.97 Å². The van der Waals surface area contributed by atoms with Gasteiger partial charge < -0.3 is 10.6 Å². The van der Waals surface area contributed by atoms with Gasteiger partial charge in [-0.1, -0.05) is 16.8 Å². The van der Waals surface area contributed by atoms with E-state index in [0.717, 1.165) is 12.8 Å². The van der Waals surface area contributed by atoms with Crippen LogP contribution < -0.4 is 5.73 Å². The van der Waals surface area contributed by atoms with Crippen molar-refractivity contribution >= 4 is 29.1 Å². The van der Waals surface area contributed by atoms with Crippen LogP contribution in [0.4, 0.5) is 5.82 Å². The summed E-state index contributed by atoms with van der Waals surface area (Å²) in [5.74, 6) is 0.184. The van der Waals surface area contributed by atoms with Gasteiger partial charge in [0.25, 0.3) is 0 Å². The van der Waals surface area contributed by atoms with E-state index in [0.29, 0.717) is 11.5 Å². The van der Waals surface area contributed by atoms with Gasteiger partial charge >= 0.3 is 5.97 Å². The fourth-order valence-electron chi connectivity index (χ4n) is 1.32. The van der Waals surface area contributed by atoms with Crippen LogP contribution in [-0.2, 0) is 4.84 Å². The Hall–Kier alpha value is -1.69. The number of hydrogen-bond acceptors (Lipinski definition) is 6. The van der Waals surface area contributed by atoms with E-state index >= 15 is 0 Å². The van der Waals surface area contributed by atoms with Crippen molar-refractivity contribution in [2.24, 2.45) is 5.16 Å². The van der Waals surface area contributed by atoms with Crippen LogP contribution in [-0.4, -0.2) is 21.6 Å². The summed E-state index contributed by atoms with van der Waals surface area (Å²) >= 11 is 5.90. The van der Waals surface area contributed by atoms with E-state index in [9.17, 15) is 4.79 Å². The van der Waals surface area contributed by atoms with Crippen molar-refractivity contribution in [2.45, 2.75) is 32.6 Å². The fraction of sp³-hybridized carbons (Fsp3) is 0.455. The van der Waals surface area contributed by atoms with E-state index in [1.807, 2.05) is 0 Å². The highest BCUT2D eigenvalue weighted by molar-refractivity contribution is 6.35. The second kappa shape index (κ2) is 4.89. The molecule has 0 unspecified atom stereocenters. The molecule has 1 saturated carbocycles. The predicted molar refractivity (Wildman–Crippen MR) is 67.6 cm³/mol. The van der Waals surface area contributed by atoms with Crippen molar-refractivity contribution < 1.29 is 9.63 Å². The van der Waals surface area contributed by atoms with Gasteiger partial charge in [0.05, 0.1) is 5.71 Å². The molecule has 1 aromatic rings. The summed E-state index contributed by atoms with van der Waals surface area (Å²) in [7, 11) is 0. The van der Waals surface area contributed by atoms with Gasteiger partial charge in [-0.05, 0) is 26.7 Å². The first-order chi connectivity index (χ1) is 8.49. The number of carbonyl (C=O) groups excluding carboxylic acids is 1. The lowest BCUT2D eigenvalue weighted by molar-refractivity contribution is 0.0508. The van der Waals surface area contributed by atoms with Crippen molar-refractivity contribution in [2.75, 3.05) is 5.73 Å². The number of halogens is 1. The molecule has 0 aliphatic heterocycles. The number of nitrogens with zero attached hydrogens (tertiary/aromatic N) is 3. The summed E-state index contributed by atoms with van der Waals surface area (Å²) in [6.45, 7) is 3.41. The van der Waals surface area contributed by atoms with E-state index in [-0.39, 0.29) is 22.5 Å². The summed E-state index contributed by atoms with van der Waals surface area (Å²) < 4.78 is 0. The molecule has 1 heterocycles. The van der Waals surface area contributed by atoms with Crippen LogP contribution in [0.2, 0.25) is 5.02 Å². The predicted octanol–water partition coefficient (Wildman–Crippen LogP) is 2.14. The Kier molecular flexibility index (Phi) is 3.47. The monoisotopic (exact) mass is 268 g/mol. The molecule has 0 spiro atoms. The summed E-state index contributed by atoms with van der Waals surface area (Å²) in [6, 6.07) is 0. The Morgan fingerprint density at radius 3 is 2.67 bits per heavy atom. The molecule has 0 amide bonds. The standard InChI is InChI=1S/C11H13ClN4O2/c1-5(2)16-18-11(17)8-7(12)9(13)15-10(14-8)6-3-4-6/h6H,3-4H2,1-2H3,(H2,13,14,15). The first-order valence-corrected chi connectivity index (χ1v) is 5.92. The Labute approximate surface area is 109 Å². The highest BCUT2D eigenvalue weighted by atomic mass is 35.5. The zero-order valence-electron chi connectivity index (χ0n) is 10.1. The first kappa shape index (κ1) is 12.8.